The van der Waals surface area contributed by atoms with E-state index in [1.54, 1.807) is 12.1 Å². The van der Waals surface area contributed by atoms with Crippen molar-refractivity contribution >= 4 is 5.69 Å². The second kappa shape index (κ2) is 4.08. The van der Waals surface area contributed by atoms with Crippen LogP contribution in [0.15, 0.2) is 18.2 Å². The number of rotatable bonds is 3. The molecule has 0 spiro atoms. The average Bonchev–Trinajstić information content (AvgIpc) is 2.63. The molecule has 0 fully saturated rings. The maximum Gasteiger partial charge on any atom is 0.125 e. The molecule has 0 bridgehead atoms. The highest BCUT2D eigenvalue weighted by Gasteiger charge is 2.39. The van der Waals surface area contributed by atoms with Crippen molar-refractivity contribution in [3.8, 4) is 0 Å². The maximum absolute atomic E-state index is 13.3. The molecule has 0 amide bonds. The van der Waals surface area contributed by atoms with Gasteiger partial charge in [0.2, 0.25) is 0 Å². The molecule has 88 valence electrons. The van der Waals surface area contributed by atoms with Gasteiger partial charge in [-0.05, 0) is 37.5 Å². The molecule has 0 unspecified atom stereocenters. The predicted octanol–water partition coefficient (Wildman–Crippen LogP) is 3.72. The van der Waals surface area contributed by atoms with Gasteiger partial charge in [-0.25, -0.2) is 4.39 Å². The Bertz CT molecular complexity index is 382. The van der Waals surface area contributed by atoms with E-state index in [0.29, 0.717) is 0 Å². The quantitative estimate of drug-likeness (QED) is 0.752. The van der Waals surface area contributed by atoms with Crippen molar-refractivity contribution in [3.63, 3.8) is 0 Å². The first-order valence-electron chi connectivity index (χ1n) is 6.22. The van der Waals surface area contributed by atoms with Gasteiger partial charge in [0.15, 0.2) is 0 Å². The molecule has 0 N–H and O–H groups in total. The summed E-state index contributed by atoms with van der Waals surface area (Å²) in [7, 11) is 0. The second-order valence-electron chi connectivity index (χ2n) is 4.66. The highest BCUT2D eigenvalue weighted by molar-refractivity contribution is 5.62. The predicted molar refractivity (Wildman–Crippen MR) is 66.5 cm³/mol. The molecule has 1 aromatic carbocycles. The second-order valence-corrected chi connectivity index (χ2v) is 4.66. The number of anilines is 1. The molecular weight excluding hydrogens is 201 g/mol. The number of halogens is 1. The standard InChI is InChI=1S/C14H20FN/c1-4-14(5-2)10-16(6-3)13-9-11(15)7-8-12(13)14/h7-9H,4-6,10H2,1-3H3. The van der Waals surface area contributed by atoms with E-state index in [1.165, 1.54) is 5.56 Å². The minimum atomic E-state index is -0.125. The zero-order valence-corrected chi connectivity index (χ0v) is 10.4. The fourth-order valence-electron chi connectivity index (χ4n) is 2.89. The smallest absolute Gasteiger partial charge is 0.125 e. The van der Waals surface area contributed by atoms with Crippen LogP contribution in [-0.4, -0.2) is 13.1 Å². The van der Waals surface area contributed by atoms with E-state index in [1.807, 2.05) is 6.07 Å². The van der Waals surface area contributed by atoms with Crippen molar-refractivity contribution in [1.29, 1.82) is 0 Å². The molecule has 1 heterocycles. The minimum Gasteiger partial charge on any atom is -0.371 e. The number of nitrogens with zero attached hydrogens (tertiary/aromatic N) is 1. The van der Waals surface area contributed by atoms with Crippen molar-refractivity contribution in [2.75, 3.05) is 18.0 Å². The van der Waals surface area contributed by atoms with Gasteiger partial charge in [0.1, 0.15) is 5.82 Å². The highest BCUT2D eigenvalue weighted by atomic mass is 19.1. The summed E-state index contributed by atoms with van der Waals surface area (Å²) >= 11 is 0. The number of fused-ring (bicyclic) bond motifs is 1. The van der Waals surface area contributed by atoms with Crippen LogP contribution in [0.5, 0.6) is 0 Å². The fraction of sp³-hybridized carbons (Fsp3) is 0.571. The lowest BCUT2D eigenvalue weighted by Gasteiger charge is -2.27. The first-order valence-corrected chi connectivity index (χ1v) is 6.22. The van der Waals surface area contributed by atoms with E-state index in [4.69, 9.17) is 0 Å². The van der Waals surface area contributed by atoms with Gasteiger partial charge in [0.25, 0.3) is 0 Å². The third-order valence-electron chi connectivity index (χ3n) is 4.10. The topological polar surface area (TPSA) is 3.24 Å². The summed E-state index contributed by atoms with van der Waals surface area (Å²) in [4.78, 5) is 2.30. The number of likely N-dealkylation sites (N-methyl/N-ethyl adjacent to an activating group) is 1. The molecule has 0 aliphatic carbocycles. The van der Waals surface area contributed by atoms with E-state index >= 15 is 0 Å². The van der Waals surface area contributed by atoms with E-state index in [0.717, 1.165) is 31.6 Å². The van der Waals surface area contributed by atoms with Crippen molar-refractivity contribution in [1.82, 2.24) is 0 Å². The lowest BCUT2D eigenvalue weighted by atomic mass is 9.78. The zero-order valence-electron chi connectivity index (χ0n) is 10.4. The normalized spacial score (nSPS) is 17.6. The molecule has 1 aromatic rings. The van der Waals surface area contributed by atoms with Crippen LogP contribution in [0.4, 0.5) is 10.1 Å². The Hall–Kier alpha value is -1.05. The first-order chi connectivity index (χ1) is 7.66. The summed E-state index contributed by atoms with van der Waals surface area (Å²) in [5, 5.41) is 0. The summed E-state index contributed by atoms with van der Waals surface area (Å²) in [6.07, 6.45) is 2.25. The van der Waals surface area contributed by atoms with E-state index < -0.39 is 0 Å². The summed E-state index contributed by atoms with van der Waals surface area (Å²) in [6, 6.07) is 5.26. The molecule has 16 heavy (non-hydrogen) atoms. The Balaban J connectivity index is 2.53. The molecule has 2 heteroatoms. The summed E-state index contributed by atoms with van der Waals surface area (Å²) in [6.45, 7) is 8.59. The molecule has 0 radical (unpaired) electrons. The average molecular weight is 221 g/mol. The minimum absolute atomic E-state index is 0.125. The van der Waals surface area contributed by atoms with Gasteiger partial charge < -0.3 is 4.90 Å². The SMILES string of the molecule is CCN1CC(CC)(CC)c2ccc(F)cc21. The van der Waals surface area contributed by atoms with Gasteiger partial charge in [0.05, 0.1) is 0 Å². The zero-order chi connectivity index (χ0) is 11.8. The van der Waals surface area contributed by atoms with Crippen molar-refractivity contribution in [3.05, 3.63) is 29.6 Å². The van der Waals surface area contributed by atoms with Crippen LogP contribution in [0.3, 0.4) is 0 Å². The lowest BCUT2D eigenvalue weighted by Crippen LogP contribution is -2.32. The van der Waals surface area contributed by atoms with Crippen LogP contribution >= 0.6 is 0 Å². The Morgan fingerprint density at radius 3 is 2.50 bits per heavy atom. The van der Waals surface area contributed by atoms with Crippen molar-refractivity contribution in [2.24, 2.45) is 0 Å². The van der Waals surface area contributed by atoms with Gasteiger partial charge in [-0.15, -0.1) is 0 Å². The Morgan fingerprint density at radius 2 is 1.94 bits per heavy atom. The molecule has 0 saturated heterocycles. The van der Waals surface area contributed by atoms with Gasteiger partial charge in [-0.3, -0.25) is 0 Å². The van der Waals surface area contributed by atoms with Gasteiger partial charge >= 0.3 is 0 Å². The third kappa shape index (κ3) is 1.51. The highest BCUT2D eigenvalue weighted by Crippen LogP contribution is 2.45. The van der Waals surface area contributed by atoms with Crippen molar-refractivity contribution < 1.29 is 4.39 Å². The van der Waals surface area contributed by atoms with Crippen LogP contribution in [0.1, 0.15) is 39.2 Å². The fourth-order valence-corrected chi connectivity index (χ4v) is 2.89. The van der Waals surface area contributed by atoms with Crippen LogP contribution in [0, 0.1) is 5.82 Å². The summed E-state index contributed by atoms with van der Waals surface area (Å²) in [5.41, 5.74) is 2.67. The van der Waals surface area contributed by atoms with Gasteiger partial charge in [-0.2, -0.15) is 0 Å². The first kappa shape index (κ1) is 11.4. The monoisotopic (exact) mass is 221 g/mol. The van der Waals surface area contributed by atoms with Crippen LogP contribution in [0.25, 0.3) is 0 Å². The Labute approximate surface area is 97.3 Å². The van der Waals surface area contributed by atoms with Crippen LogP contribution in [-0.2, 0) is 5.41 Å². The molecule has 0 atom stereocenters. The molecular formula is C14H20FN. The van der Waals surface area contributed by atoms with E-state index in [-0.39, 0.29) is 11.2 Å². The van der Waals surface area contributed by atoms with Gasteiger partial charge in [0, 0.05) is 24.2 Å². The Kier molecular flexibility index (Phi) is 2.92. The van der Waals surface area contributed by atoms with Crippen LogP contribution < -0.4 is 4.90 Å². The van der Waals surface area contributed by atoms with Crippen molar-refractivity contribution in [2.45, 2.75) is 39.0 Å². The molecule has 1 nitrogen and oxygen atoms in total. The van der Waals surface area contributed by atoms with Crippen LogP contribution in [0.2, 0.25) is 0 Å². The molecule has 2 rings (SSSR count). The lowest BCUT2D eigenvalue weighted by molar-refractivity contribution is 0.421. The molecule has 1 aliphatic heterocycles. The van der Waals surface area contributed by atoms with E-state index in [9.17, 15) is 4.39 Å². The summed E-state index contributed by atoms with van der Waals surface area (Å²) < 4.78 is 13.3. The van der Waals surface area contributed by atoms with E-state index in [2.05, 4.69) is 25.7 Å². The Morgan fingerprint density at radius 1 is 1.25 bits per heavy atom. The maximum atomic E-state index is 13.3. The molecule has 0 aromatic heterocycles. The largest absolute Gasteiger partial charge is 0.371 e. The molecule has 1 aliphatic rings. The number of hydrogen-bond acceptors (Lipinski definition) is 1. The third-order valence-corrected chi connectivity index (χ3v) is 4.10. The summed E-state index contributed by atoms with van der Waals surface area (Å²) in [5.74, 6) is -0.125. The number of benzene rings is 1. The van der Waals surface area contributed by atoms with Gasteiger partial charge in [-0.1, -0.05) is 19.9 Å². The number of hydrogen-bond donors (Lipinski definition) is 0. The molecule has 0 saturated carbocycles.